The Morgan fingerprint density at radius 3 is 1.52 bits per heavy atom. The largest absolute Gasteiger partial charge is 0.126 e. The monoisotopic (exact) mass is 462 g/mol. The van der Waals surface area contributed by atoms with Gasteiger partial charge in [0.15, 0.2) is 0 Å². The van der Waals surface area contributed by atoms with Crippen molar-refractivity contribution in [3.05, 3.63) is 45.3 Å². The van der Waals surface area contributed by atoms with Crippen molar-refractivity contribution in [3.8, 4) is 0 Å². The van der Waals surface area contributed by atoms with Crippen LogP contribution in [-0.2, 0) is 0 Å². The van der Waals surface area contributed by atoms with Crippen LogP contribution >= 0.6 is 67.1 Å². The highest BCUT2D eigenvalue weighted by Crippen LogP contribution is 2.40. The molecule has 0 aromatic heterocycles. The fourth-order valence-electron chi connectivity index (χ4n) is 1.76. The summed E-state index contributed by atoms with van der Waals surface area (Å²) >= 11 is 12.9. The molecule has 0 nitrogen and oxygen atoms in total. The molecule has 0 aliphatic carbocycles. The van der Waals surface area contributed by atoms with Crippen LogP contribution in [-0.4, -0.2) is 11.5 Å². The van der Waals surface area contributed by atoms with Crippen molar-refractivity contribution in [3.63, 3.8) is 0 Å². The van der Waals surface area contributed by atoms with Gasteiger partial charge >= 0.3 is 0 Å². The first-order valence-electron chi connectivity index (χ1n) is 6.66. The summed E-state index contributed by atoms with van der Waals surface area (Å²) in [5.74, 6) is 2.20. The third-order valence-electron chi connectivity index (χ3n) is 2.65. The molecule has 0 saturated heterocycles. The van der Waals surface area contributed by atoms with E-state index in [2.05, 4.69) is 82.1 Å². The second-order valence-corrected chi connectivity index (χ2v) is 9.62. The normalized spacial score (nSPS) is 10.9. The van der Waals surface area contributed by atoms with E-state index in [9.17, 15) is 0 Å². The number of hydrogen-bond donors (Lipinski definition) is 0. The van der Waals surface area contributed by atoms with Gasteiger partial charge in [-0.05, 0) is 79.8 Å². The molecule has 5 heteroatoms. The van der Waals surface area contributed by atoms with E-state index in [1.54, 1.807) is 11.8 Å². The maximum Gasteiger partial charge on any atom is 0.0325 e. The topological polar surface area (TPSA) is 0 Å². The van der Waals surface area contributed by atoms with Crippen LogP contribution in [0.15, 0.2) is 64.9 Å². The fraction of sp³-hybridized carbons (Fsp3) is 0.250. The number of rotatable bonds is 6. The Hall–Kier alpha value is 0.450. The molecule has 0 aliphatic rings. The quantitative estimate of drug-likeness (QED) is 0.405. The Labute approximate surface area is 156 Å². The van der Waals surface area contributed by atoms with Crippen molar-refractivity contribution < 1.29 is 0 Å². The number of hydrogen-bond acceptors (Lipinski definition) is 3. The smallest absolute Gasteiger partial charge is 0.0325 e. The summed E-state index contributed by atoms with van der Waals surface area (Å²) in [5, 5.41) is 0. The molecule has 2 rings (SSSR count). The van der Waals surface area contributed by atoms with Crippen LogP contribution in [0.2, 0.25) is 0 Å². The van der Waals surface area contributed by atoms with E-state index < -0.39 is 0 Å². The van der Waals surface area contributed by atoms with Crippen LogP contribution in [0, 0.1) is 0 Å². The molecule has 2 aromatic rings. The maximum absolute atomic E-state index is 3.68. The zero-order valence-electron chi connectivity index (χ0n) is 11.9. The van der Waals surface area contributed by atoms with E-state index in [1.165, 1.54) is 19.6 Å². The van der Waals surface area contributed by atoms with Gasteiger partial charge in [-0.15, -0.1) is 23.5 Å². The van der Waals surface area contributed by atoms with Gasteiger partial charge in [-0.2, -0.15) is 0 Å². The van der Waals surface area contributed by atoms with Crippen LogP contribution in [0.5, 0.6) is 0 Å². The first kappa shape index (κ1) is 17.8. The van der Waals surface area contributed by atoms with E-state index >= 15 is 0 Å². The first-order chi connectivity index (χ1) is 10.1. The van der Waals surface area contributed by atoms with Gasteiger partial charge < -0.3 is 0 Å². The molecule has 0 aliphatic heterocycles. The molecule has 21 heavy (non-hydrogen) atoms. The second kappa shape index (κ2) is 8.92. The second-order valence-electron chi connectivity index (χ2n) is 4.15. The zero-order chi connectivity index (χ0) is 15.2. The summed E-state index contributed by atoms with van der Waals surface area (Å²) < 4.78 is 2.31. The van der Waals surface area contributed by atoms with Crippen LogP contribution in [0.3, 0.4) is 0 Å². The summed E-state index contributed by atoms with van der Waals surface area (Å²) in [6.07, 6.45) is 0. The van der Waals surface area contributed by atoms with Crippen molar-refractivity contribution in [2.24, 2.45) is 0 Å². The predicted molar refractivity (Wildman–Crippen MR) is 105 cm³/mol. The van der Waals surface area contributed by atoms with Crippen molar-refractivity contribution in [2.75, 3.05) is 11.5 Å². The van der Waals surface area contributed by atoms with Gasteiger partial charge in [0.05, 0.1) is 0 Å². The highest BCUT2D eigenvalue weighted by molar-refractivity contribution is 9.11. The molecule has 2 aromatic carbocycles. The van der Waals surface area contributed by atoms with Gasteiger partial charge in [0.2, 0.25) is 0 Å². The van der Waals surface area contributed by atoms with Crippen LogP contribution in [0.25, 0.3) is 0 Å². The molecule has 0 heterocycles. The number of halogens is 2. The fourth-order valence-corrected chi connectivity index (χ4v) is 5.53. The Balaban J connectivity index is 2.18. The molecular formula is C16H16Br2S3. The molecule has 0 saturated carbocycles. The third-order valence-corrected chi connectivity index (χ3v) is 7.39. The Kier molecular flexibility index (Phi) is 7.56. The molecule has 0 N–H and O–H groups in total. The third kappa shape index (κ3) is 5.24. The number of thioether (sulfide) groups is 2. The summed E-state index contributed by atoms with van der Waals surface area (Å²) in [7, 11) is 0. The van der Waals surface area contributed by atoms with Crippen molar-refractivity contribution >= 4 is 67.1 Å². The van der Waals surface area contributed by atoms with Crippen LogP contribution < -0.4 is 0 Å². The molecule has 0 bridgehead atoms. The summed E-state index contributed by atoms with van der Waals surface area (Å²) in [6.45, 7) is 4.35. The van der Waals surface area contributed by atoms with Gasteiger partial charge in [0, 0.05) is 28.5 Å². The van der Waals surface area contributed by atoms with E-state index in [0.717, 1.165) is 20.5 Å². The minimum Gasteiger partial charge on any atom is -0.126 e. The van der Waals surface area contributed by atoms with E-state index in [1.807, 2.05) is 23.5 Å². The minimum atomic E-state index is 1.10. The highest BCUT2D eigenvalue weighted by Gasteiger charge is 2.08. The van der Waals surface area contributed by atoms with Crippen molar-refractivity contribution in [1.82, 2.24) is 0 Å². The molecule has 0 amide bonds. The van der Waals surface area contributed by atoms with Gasteiger partial charge in [-0.3, -0.25) is 0 Å². The lowest BCUT2D eigenvalue weighted by Crippen LogP contribution is -1.81. The van der Waals surface area contributed by atoms with Crippen molar-refractivity contribution in [1.29, 1.82) is 0 Å². The first-order valence-corrected chi connectivity index (χ1v) is 11.0. The molecule has 0 unspecified atom stereocenters. The average Bonchev–Trinajstić information content (AvgIpc) is 2.45. The SMILES string of the molecule is CCSc1ccc(Sc2ccc(SCC)cc2Br)c(Br)c1. The highest BCUT2D eigenvalue weighted by atomic mass is 79.9. The summed E-state index contributed by atoms with van der Waals surface area (Å²) in [4.78, 5) is 5.10. The van der Waals surface area contributed by atoms with E-state index in [0.29, 0.717) is 0 Å². The van der Waals surface area contributed by atoms with E-state index in [4.69, 9.17) is 0 Å². The Bertz CT molecular complexity index is 561. The van der Waals surface area contributed by atoms with Crippen molar-refractivity contribution in [2.45, 2.75) is 33.4 Å². The lowest BCUT2D eigenvalue weighted by molar-refractivity contribution is 1.27. The molecule has 0 fully saturated rings. The molecule has 112 valence electrons. The molecule has 0 spiro atoms. The lowest BCUT2D eigenvalue weighted by Gasteiger charge is -2.09. The van der Waals surface area contributed by atoms with Gasteiger partial charge in [0.1, 0.15) is 0 Å². The zero-order valence-corrected chi connectivity index (χ0v) is 17.5. The lowest BCUT2D eigenvalue weighted by atomic mass is 10.4. The molecular weight excluding hydrogens is 448 g/mol. The standard InChI is InChI=1S/C16H16Br2S3/c1-3-19-11-5-7-15(13(17)9-11)21-16-8-6-12(20-4-2)10-14(16)18/h5-10H,3-4H2,1-2H3. The van der Waals surface area contributed by atoms with Crippen LogP contribution in [0.4, 0.5) is 0 Å². The maximum atomic E-state index is 3.68. The van der Waals surface area contributed by atoms with Crippen LogP contribution in [0.1, 0.15) is 13.8 Å². The number of benzene rings is 2. The average molecular weight is 464 g/mol. The minimum absolute atomic E-state index is 1.10. The Morgan fingerprint density at radius 2 is 1.19 bits per heavy atom. The van der Waals surface area contributed by atoms with Gasteiger partial charge in [0.25, 0.3) is 0 Å². The summed E-state index contributed by atoms with van der Waals surface area (Å²) in [5.41, 5.74) is 0. The molecule has 0 atom stereocenters. The summed E-state index contributed by atoms with van der Waals surface area (Å²) in [6, 6.07) is 13.2. The molecule has 0 radical (unpaired) electrons. The predicted octanol–water partition coefficient (Wildman–Crippen LogP) is 7.59. The Morgan fingerprint density at radius 1 is 0.762 bits per heavy atom. The van der Waals surface area contributed by atoms with Gasteiger partial charge in [-0.1, -0.05) is 25.6 Å². The van der Waals surface area contributed by atoms with E-state index in [-0.39, 0.29) is 0 Å². The van der Waals surface area contributed by atoms with Gasteiger partial charge in [-0.25, -0.2) is 0 Å².